The number of benzene rings is 1. The molecule has 13 heteroatoms. The molecule has 1 saturated heterocycles. The predicted molar refractivity (Wildman–Crippen MR) is 105 cm³/mol. The van der Waals surface area contributed by atoms with E-state index < -0.39 is 35.0 Å². The zero-order chi connectivity index (χ0) is 22.7. The van der Waals surface area contributed by atoms with Crippen LogP contribution in [0.3, 0.4) is 0 Å². The molecule has 3 atom stereocenters. The Kier molecular flexibility index (Phi) is 9.25. The quantitative estimate of drug-likeness (QED) is 0.140. The smallest absolute Gasteiger partial charge is 0.543 e. The molecule has 2 aliphatic heterocycles. The van der Waals surface area contributed by atoms with E-state index >= 15 is 0 Å². The fourth-order valence-corrected chi connectivity index (χ4v) is 4.69. The van der Waals surface area contributed by atoms with E-state index in [2.05, 4.69) is 5.32 Å². The average Bonchev–Trinajstić information content (AvgIpc) is 3.00. The number of hydrogen-bond donors (Lipinski definition) is 1. The molecule has 1 fully saturated rings. The summed E-state index contributed by atoms with van der Waals surface area (Å²) >= 11 is 1.18. The van der Waals surface area contributed by atoms with Crippen molar-refractivity contribution in [1.29, 1.82) is 5.26 Å². The van der Waals surface area contributed by atoms with Gasteiger partial charge >= 0.3 is 57.5 Å². The molecule has 0 saturated carbocycles. The number of aliphatic carboxylic acids is 1. The first kappa shape index (κ1) is 26.3. The number of amides is 2. The van der Waals surface area contributed by atoms with Gasteiger partial charge in [0.15, 0.2) is 0 Å². The van der Waals surface area contributed by atoms with Crippen LogP contribution in [0.5, 0.6) is 0 Å². The van der Waals surface area contributed by atoms with Crippen LogP contribution in [0, 0.1) is 27.4 Å². The SMILES string of the molecule is C[C@H]1C(SCCC#N)=C(C(=O)[O-])N2C(=O)[C@H](NC(=O)OCc3ccc([N+](=O)[O-])cc3)[C@@H]12.[K+]. The third-order valence-electron chi connectivity index (χ3n) is 5.00. The zero-order valence-corrected chi connectivity index (χ0v) is 21.2. The number of nitro groups is 1. The number of carboxylic acid groups (broad SMARTS) is 1. The minimum Gasteiger partial charge on any atom is -0.543 e. The number of ether oxygens (including phenoxy) is 1. The van der Waals surface area contributed by atoms with Crippen molar-refractivity contribution in [2.24, 2.45) is 5.92 Å². The molecule has 1 aromatic rings. The molecule has 1 aromatic carbocycles. The van der Waals surface area contributed by atoms with Crippen LogP contribution in [0.4, 0.5) is 10.5 Å². The third kappa shape index (κ3) is 5.33. The Morgan fingerprint density at radius 1 is 1.34 bits per heavy atom. The Morgan fingerprint density at radius 2 is 2.00 bits per heavy atom. The fourth-order valence-electron chi connectivity index (χ4n) is 3.55. The molecule has 3 rings (SSSR count). The van der Waals surface area contributed by atoms with E-state index in [0.717, 1.165) is 4.90 Å². The van der Waals surface area contributed by atoms with Gasteiger partial charge in [0.1, 0.15) is 12.6 Å². The molecule has 2 heterocycles. The van der Waals surface area contributed by atoms with E-state index in [4.69, 9.17) is 10.00 Å². The van der Waals surface area contributed by atoms with E-state index in [1.165, 1.54) is 36.0 Å². The predicted octanol–water partition coefficient (Wildman–Crippen LogP) is -2.34. The Hall–Kier alpha value is -1.95. The van der Waals surface area contributed by atoms with Crippen molar-refractivity contribution >= 4 is 35.4 Å². The van der Waals surface area contributed by atoms with Crippen molar-refractivity contribution in [3.8, 4) is 6.07 Å². The number of carboxylic acids is 1. The monoisotopic (exact) mass is 484 g/mol. The van der Waals surface area contributed by atoms with Crippen LogP contribution in [-0.2, 0) is 20.9 Å². The van der Waals surface area contributed by atoms with Gasteiger partial charge in [0.25, 0.3) is 11.6 Å². The number of rotatable bonds is 8. The Labute approximate surface area is 229 Å². The number of hydrogen-bond acceptors (Lipinski definition) is 9. The van der Waals surface area contributed by atoms with Crippen LogP contribution >= 0.6 is 11.8 Å². The van der Waals surface area contributed by atoms with Gasteiger partial charge in [-0.25, -0.2) is 4.79 Å². The molecule has 0 radical (unpaired) electrons. The largest absolute Gasteiger partial charge is 1.00 e. The maximum atomic E-state index is 12.5. The maximum Gasteiger partial charge on any atom is 1.00 e. The molecule has 0 aliphatic carbocycles. The second-order valence-electron chi connectivity index (χ2n) is 6.87. The van der Waals surface area contributed by atoms with Crippen LogP contribution < -0.4 is 61.8 Å². The van der Waals surface area contributed by atoms with Gasteiger partial charge in [-0.05, 0) is 17.7 Å². The average molecular weight is 485 g/mol. The molecule has 11 nitrogen and oxygen atoms in total. The van der Waals surface area contributed by atoms with E-state index in [0.29, 0.717) is 16.2 Å². The second-order valence-corrected chi connectivity index (χ2v) is 8.00. The molecule has 2 aliphatic rings. The van der Waals surface area contributed by atoms with Gasteiger partial charge in [0.2, 0.25) is 0 Å². The number of nitrogens with zero attached hydrogens (tertiary/aromatic N) is 3. The third-order valence-corrected chi connectivity index (χ3v) is 6.28. The number of non-ortho nitro benzene ring substituents is 1. The van der Waals surface area contributed by atoms with Gasteiger partial charge in [-0.1, -0.05) is 6.92 Å². The number of nitro benzene ring substituents is 1. The van der Waals surface area contributed by atoms with Gasteiger partial charge in [-0.2, -0.15) is 5.26 Å². The molecule has 162 valence electrons. The van der Waals surface area contributed by atoms with Gasteiger partial charge < -0.3 is 24.9 Å². The van der Waals surface area contributed by atoms with Gasteiger partial charge in [0.05, 0.1) is 28.7 Å². The summed E-state index contributed by atoms with van der Waals surface area (Å²) < 4.78 is 5.07. The first-order valence-corrected chi connectivity index (χ1v) is 10.2. The van der Waals surface area contributed by atoms with Crippen LogP contribution in [0.25, 0.3) is 0 Å². The van der Waals surface area contributed by atoms with Crippen LogP contribution in [0.15, 0.2) is 34.9 Å². The van der Waals surface area contributed by atoms with E-state index in [1.54, 1.807) is 6.92 Å². The van der Waals surface area contributed by atoms with E-state index in [-0.39, 0.29) is 81.7 Å². The summed E-state index contributed by atoms with van der Waals surface area (Å²) in [4.78, 5) is 47.9. The number of thioether (sulfide) groups is 1. The minimum absolute atomic E-state index is 0. The standard InChI is InChI=1S/C19H18N4O7S.K/c1-10-14-13(17(24)22(14)15(18(25)26)16(10)31-8-2-7-20)21-19(27)30-9-11-3-5-12(6-4-11)23(28)29;/h3-6,10,13-14H,2,8-9H2,1H3,(H,21,27)(H,25,26);/q;+1/p-1/t10-,13-,14-;/m1./s1. The first-order valence-electron chi connectivity index (χ1n) is 9.21. The van der Waals surface area contributed by atoms with Gasteiger partial charge in [0, 0.05) is 35.1 Å². The molecular weight excluding hydrogens is 467 g/mol. The maximum absolute atomic E-state index is 12.5. The van der Waals surface area contributed by atoms with Crippen molar-refractivity contribution in [1.82, 2.24) is 10.2 Å². The van der Waals surface area contributed by atoms with Crippen molar-refractivity contribution in [2.45, 2.75) is 32.0 Å². The summed E-state index contributed by atoms with van der Waals surface area (Å²) in [6.07, 6.45) is -0.652. The molecule has 1 N–H and O–H groups in total. The number of nitriles is 1. The second kappa shape index (κ2) is 11.3. The van der Waals surface area contributed by atoms with E-state index in [9.17, 15) is 29.6 Å². The Balaban J connectivity index is 0.00000363. The summed E-state index contributed by atoms with van der Waals surface area (Å²) in [7, 11) is 0. The number of carbonyl (C=O) groups excluding carboxylic acids is 3. The molecular formula is C19H17KN4O7S. The summed E-state index contributed by atoms with van der Waals surface area (Å²) in [5.41, 5.74) is 0.208. The molecule has 0 bridgehead atoms. The number of alkyl carbamates (subject to hydrolysis) is 1. The normalized spacial score (nSPS) is 21.1. The molecule has 0 aromatic heterocycles. The molecule has 2 amide bonds. The number of carbonyl (C=O) groups is 3. The fraction of sp³-hybridized carbons (Fsp3) is 0.368. The van der Waals surface area contributed by atoms with Gasteiger partial charge in [-0.15, -0.1) is 11.8 Å². The van der Waals surface area contributed by atoms with E-state index in [1.807, 2.05) is 6.07 Å². The summed E-state index contributed by atoms with van der Waals surface area (Å²) in [5, 5.41) is 33.4. The van der Waals surface area contributed by atoms with Crippen LogP contribution in [-0.4, -0.2) is 45.6 Å². The Morgan fingerprint density at radius 3 is 2.56 bits per heavy atom. The number of β-lactam (4-membered cyclic amide) rings is 1. The minimum atomic E-state index is -1.48. The molecule has 32 heavy (non-hydrogen) atoms. The van der Waals surface area contributed by atoms with Crippen molar-refractivity contribution in [2.75, 3.05) is 5.75 Å². The summed E-state index contributed by atoms with van der Waals surface area (Å²) in [6, 6.07) is 5.89. The first-order chi connectivity index (χ1) is 14.8. The number of nitrogens with one attached hydrogen (secondary N) is 1. The molecule has 0 unspecified atom stereocenters. The topological polar surface area (TPSA) is 166 Å². The van der Waals surface area contributed by atoms with Crippen molar-refractivity contribution in [3.05, 3.63) is 50.5 Å². The van der Waals surface area contributed by atoms with Crippen LogP contribution in [0.2, 0.25) is 0 Å². The van der Waals surface area contributed by atoms with Gasteiger partial charge in [-0.3, -0.25) is 14.9 Å². The molecule has 0 spiro atoms. The summed E-state index contributed by atoms with van der Waals surface area (Å²) in [5.74, 6) is -2.06. The number of fused-ring (bicyclic) bond motifs is 1. The van der Waals surface area contributed by atoms with Crippen molar-refractivity contribution < 1.29 is 80.5 Å². The zero-order valence-electron chi connectivity index (χ0n) is 17.3. The Bertz CT molecular complexity index is 1010. The van der Waals surface area contributed by atoms with Crippen molar-refractivity contribution in [3.63, 3.8) is 0 Å². The van der Waals surface area contributed by atoms with Crippen LogP contribution in [0.1, 0.15) is 18.9 Å². The summed E-state index contributed by atoms with van der Waals surface area (Å²) in [6.45, 7) is 1.58.